The van der Waals surface area contributed by atoms with Crippen molar-refractivity contribution in [2.24, 2.45) is 0 Å². The first-order valence-corrected chi connectivity index (χ1v) is 10.6. The van der Waals surface area contributed by atoms with E-state index < -0.39 is 24.0 Å². The number of nitrogens with one attached hydrogen (secondary N) is 2. The second-order valence-electron chi connectivity index (χ2n) is 7.11. The Balaban J connectivity index is 1.61. The number of ether oxygens (including phenoxy) is 4. The highest BCUT2D eigenvalue weighted by Crippen LogP contribution is 2.38. The Kier molecular flexibility index (Phi) is 6.69. The number of hydrogen-bond acceptors (Lipinski definition) is 7. The third-order valence-electron chi connectivity index (χ3n) is 4.96. The summed E-state index contributed by atoms with van der Waals surface area (Å²) in [7, 11) is 0. The standard InChI is InChI=1S/C23H21ClN2O7/c1-2-30-22(28)18-16(25-23(29)26-19(18)13-6-4-3-5-7-13)12-33-21(27)14-10-15(24)20-17(11-14)31-8-9-32-20/h3-7,10-11,19H,2,8-9,12H2,1H3,(H2,25,26,29). The largest absolute Gasteiger partial charge is 0.486 e. The Labute approximate surface area is 194 Å². The first-order chi connectivity index (χ1) is 16.0. The van der Waals surface area contributed by atoms with Crippen LogP contribution in [0.1, 0.15) is 28.9 Å². The molecule has 0 fully saturated rings. The van der Waals surface area contributed by atoms with Crippen LogP contribution in [-0.2, 0) is 14.3 Å². The smallest absolute Gasteiger partial charge is 0.338 e. The summed E-state index contributed by atoms with van der Waals surface area (Å²) >= 11 is 6.20. The van der Waals surface area contributed by atoms with Gasteiger partial charge in [-0.15, -0.1) is 0 Å². The Hall–Kier alpha value is -3.72. The number of fused-ring (bicyclic) bond motifs is 1. The van der Waals surface area contributed by atoms with Gasteiger partial charge >= 0.3 is 18.0 Å². The second-order valence-corrected chi connectivity index (χ2v) is 7.52. The van der Waals surface area contributed by atoms with Crippen LogP contribution in [-0.4, -0.2) is 44.4 Å². The maximum absolute atomic E-state index is 12.8. The summed E-state index contributed by atoms with van der Waals surface area (Å²) in [5.74, 6) is -0.643. The SMILES string of the molecule is CCOC(=O)C1=C(COC(=O)c2cc(Cl)c3c(c2)OCCO3)NC(=O)NC1c1ccccc1. The van der Waals surface area contributed by atoms with E-state index >= 15 is 0 Å². The number of carbonyl (C=O) groups excluding carboxylic acids is 3. The van der Waals surface area contributed by atoms with Crippen LogP contribution in [0.4, 0.5) is 4.79 Å². The van der Waals surface area contributed by atoms with Gasteiger partial charge in [0.1, 0.15) is 19.8 Å². The number of carbonyl (C=O) groups is 3. The molecule has 2 N–H and O–H groups in total. The molecule has 1 atom stereocenters. The molecule has 0 aliphatic carbocycles. The Morgan fingerprint density at radius 2 is 1.85 bits per heavy atom. The second kappa shape index (κ2) is 9.83. The Morgan fingerprint density at radius 3 is 2.61 bits per heavy atom. The molecule has 0 spiro atoms. The quantitative estimate of drug-likeness (QED) is 0.621. The van der Waals surface area contributed by atoms with Gasteiger partial charge < -0.3 is 29.6 Å². The fraction of sp³-hybridized carbons (Fsp3) is 0.261. The van der Waals surface area contributed by atoms with Crippen LogP contribution in [0.25, 0.3) is 0 Å². The van der Waals surface area contributed by atoms with Crippen molar-refractivity contribution in [3.8, 4) is 11.5 Å². The highest BCUT2D eigenvalue weighted by Gasteiger charge is 2.34. The van der Waals surface area contributed by atoms with Gasteiger partial charge in [0, 0.05) is 0 Å². The number of urea groups is 1. The molecule has 2 aromatic carbocycles. The molecule has 2 aliphatic heterocycles. The van der Waals surface area contributed by atoms with Crippen molar-refractivity contribution in [3.63, 3.8) is 0 Å². The fourth-order valence-corrected chi connectivity index (χ4v) is 3.79. The van der Waals surface area contributed by atoms with Gasteiger partial charge in [0.2, 0.25) is 0 Å². The third kappa shape index (κ3) is 4.88. The van der Waals surface area contributed by atoms with E-state index in [1.165, 1.54) is 12.1 Å². The number of benzene rings is 2. The summed E-state index contributed by atoms with van der Waals surface area (Å²) in [6.07, 6.45) is 0. The molecule has 10 heteroatoms. The van der Waals surface area contributed by atoms with Crippen LogP contribution in [0, 0.1) is 0 Å². The number of halogens is 1. The first-order valence-electron chi connectivity index (χ1n) is 10.3. The minimum absolute atomic E-state index is 0.128. The van der Waals surface area contributed by atoms with Gasteiger partial charge in [-0.1, -0.05) is 41.9 Å². The average Bonchev–Trinajstić information content (AvgIpc) is 2.82. The molecule has 9 nitrogen and oxygen atoms in total. The van der Waals surface area contributed by atoms with Crippen molar-refractivity contribution < 1.29 is 33.3 Å². The molecular formula is C23H21ClN2O7. The summed E-state index contributed by atoms with van der Waals surface area (Å²) in [6.45, 7) is 2.14. The van der Waals surface area contributed by atoms with E-state index in [9.17, 15) is 14.4 Å². The van der Waals surface area contributed by atoms with Crippen LogP contribution in [0.3, 0.4) is 0 Å². The monoisotopic (exact) mass is 472 g/mol. The van der Waals surface area contributed by atoms with Crippen LogP contribution in [0.5, 0.6) is 11.5 Å². The van der Waals surface area contributed by atoms with Crippen LogP contribution >= 0.6 is 11.6 Å². The number of hydrogen-bond donors (Lipinski definition) is 2. The molecule has 2 aromatic rings. The van der Waals surface area contributed by atoms with E-state index in [4.69, 9.17) is 30.5 Å². The van der Waals surface area contributed by atoms with E-state index in [0.717, 1.165) is 0 Å². The minimum atomic E-state index is -0.767. The highest BCUT2D eigenvalue weighted by atomic mass is 35.5. The zero-order chi connectivity index (χ0) is 23.4. The molecule has 4 rings (SSSR count). The van der Waals surface area contributed by atoms with Gasteiger partial charge in [-0.2, -0.15) is 0 Å². The first kappa shape index (κ1) is 22.5. The number of esters is 2. The Bertz CT molecular complexity index is 1120. The molecular weight excluding hydrogens is 452 g/mol. The third-order valence-corrected chi connectivity index (χ3v) is 5.24. The van der Waals surface area contributed by atoms with Crippen molar-refractivity contribution in [1.29, 1.82) is 0 Å². The molecule has 2 amide bonds. The van der Waals surface area contributed by atoms with Crippen LogP contribution < -0.4 is 20.1 Å². The lowest BCUT2D eigenvalue weighted by molar-refractivity contribution is -0.139. The number of amides is 2. The van der Waals surface area contributed by atoms with Crippen LogP contribution in [0.15, 0.2) is 53.7 Å². The molecule has 172 valence electrons. The fourth-order valence-electron chi connectivity index (χ4n) is 3.53. The van der Waals surface area contributed by atoms with E-state index in [0.29, 0.717) is 30.3 Å². The normalized spacial score (nSPS) is 17.0. The predicted molar refractivity (Wildman–Crippen MR) is 117 cm³/mol. The summed E-state index contributed by atoms with van der Waals surface area (Å²) < 4.78 is 21.5. The molecule has 2 aliphatic rings. The van der Waals surface area contributed by atoms with Crippen molar-refractivity contribution in [3.05, 3.63) is 69.9 Å². The summed E-state index contributed by atoms with van der Waals surface area (Å²) in [6, 6.07) is 10.5. The summed E-state index contributed by atoms with van der Waals surface area (Å²) in [5.41, 5.74) is 1.10. The van der Waals surface area contributed by atoms with E-state index in [2.05, 4.69) is 10.6 Å². The molecule has 2 heterocycles. The summed E-state index contributed by atoms with van der Waals surface area (Å²) in [4.78, 5) is 37.8. The van der Waals surface area contributed by atoms with Crippen LogP contribution in [0.2, 0.25) is 5.02 Å². The molecule has 1 unspecified atom stereocenters. The van der Waals surface area contributed by atoms with Gasteiger partial charge in [0.05, 0.1) is 34.5 Å². The van der Waals surface area contributed by atoms with E-state index in [1.807, 2.05) is 6.07 Å². The topological polar surface area (TPSA) is 112 Å². The van der Waals surface area contributed by atoms with Gasteiger partial charge in [-0.3, -0.25) is 0 Å². The maximum Gasteiger partial charge on any atom is 0.338 e. The molecule has 0 radical (unpaired) electrons. The van der Waals surface area contributed by atoms with Crippen molar-refractivity contribution in [1.82, 2.24) is 10.6 Å². The zero-order valence-electron chi connectivity index (χ0n) is 17.7. The van der Waals surface area contributed by atoms with E-state index in [1.54, 1.807) is 31.2 Å². The van der Waals surface area contributed by atoms with Crippen molar-refractivity contribution >= 4 is 29.6 Å². The van der Waals surface area contributed by atoms with Gasteiger partial charge in [0.25, 0.3) is 0 Å². The molecule has 0 saturated carbocycles. The lowest BCUT2D eigenvalue weighted by atomic mass is 9.95. The lowest BCUT2D eigenvalue weighted by Gasteiger charge is -2.29. The molecule has 33 heavy (non-hydrogen) atoms. The van der Waals surface area contributed by atoms with Crippen molar-refractivity contribution in [2.45, 2.75) is 13.0 Å². The average molecular weight is 473 g/mol. The number of rotatable bonds is 6. The zero-order valence-corrected chi connectivity index (χ0v) is 18.4. The summed E-state index contributed by atoms with van der Waals surface area (Å²) in [5, 5.41) is 5.48. The molecule has 0 saturated heterocycles. The molecule has 0 aromatic heterocycles. The highest BCUT2D eigenvalue weighted by molar-refractivity contribution is 6.32. The van der Waals surface area contributed by atoms with Gasteiger partial charge in [-0.05, 0) is 24.6 Å². The maximum atomic E-state index is 12.8. The minimum Gasteiger partial charge on any atom is -0.486 e. The van der Waals surface area contributed by atoms with Gasteiger partial charge in [0.15, 0.2) is 11.5 Å². The van der Waals surface area contributed by atoms with Crippen molar-refractivity contribution in [2.75, 3.05) is 26.4 Å². The van der Waals surface area contributed by atoms with Gasteiger partial charge in [-0.25, -0.2) is 14.4 Å². The molecule has 0 bridgehead atoms. The van der Waals surface area contributed by atoms with E-state index in [-0.39, 0.29) is 35.1 Å². The Morgan fingerprint density at radius 1 is 1.09 bits per heavy atom. The lowest BCUT2D eigenvalue weighted by Crippen LogP contribution is -2.47. The predicted octanol–water partition coefficient (Wildman–Crippen LogP) is 3.14.